The van der Waals surface area contributed by atoms with Gasteiger partial charge in [0, 0.05) is 40.8 Å². The summed E-state index contributed by atoms with van der Waals surface area (Å²) in [6, 6.07) is 1.79. The molecule has 3 rings (SSSR count). The molecular weight excluding hydrogens is 324 g/mol. The number of aromatic nitrogens is 3. The Morgan fingerprint density at radius 1 is 1.38 bits per heavy atom. The van der Waals surface area contributed by atoms with Gasteiger partial charge in [-0.2, -0.15) is 0 Å². The molecule has 1 aliphatic rings. The molecule has 122 valence electrons. The zero-order valence-corrected chi connectivity index (χ0v) is 14.1. The van der Waals surface area contributed by atoms with E-state index >= 15 is 0 Å². The minimum Gasteiger partial charge on any atom is -0.400 e. The van der Waals surface area contributed by atoms with Crippen LogP contribution in [0.25, 0.3) is 29.2 Å². The van der Waals surface area contributed by atoms with Crippen molar-refractivity contribution in [1.29, 1.82) is 5.41 Å². The van der Waals surface area contributed by atoms with Gasteiger partial charge >= 0.3 is 0 Å². The predicted molar refractivity (Wildman–Crippen MR) is 94.5 cm³/mol. The molecule has 0 amide bonds. The van der Waals surface area contributed by atoms with Crippen LogP contribution in [0.1, 0.15) is 26.0 Å². The summed E-state index contributed by atoms with van der Waals surface area (Å²) in [4.78, 5) is 13.0. The Morgan fingerprint density at radius 3 is 2.83 bits per heavy atom. The number of pyridine rings is 1. The third-order valence-corrected chi connectivity index (χ3v) is 4.01. The van der Waals surface area contributed by atoms with Crippen molar-refractivity contribution in [3.05, 3.63) is 50.9 Å². The normalized spacial score (nSPS) is 14.0. The van der Waals surface area contributed by atoms with E-state index < -0.39 is 0 Å². The summed E-state index contributed by atoms with van der Waals surface area (Å²) in [7, 11) is 0. The van der Waals surface area contributed by atoms with Gasteiger partial charge in [0.25, 0.3) is 0 Å². The second kappa shape index (κ2) is 6.41. The minimum atomic E-state index is 0.0321. The second-order valence-corrected chi connectivity index (χ2v) is 5.83. The van der Waals surface area contributed by atoms with Crippen LogP contribution in [0.2, 0.25) is 5.02 Å². The third kappa shape index (κ3) is 2.88. The molecule has 4 N–H and O–H groups in total. The zero-order valence-electron chi connectivity index (χ0n) is 13.4. The Bertz CT molecular complexity index is 1020. The van der Waals surface area contributed by atoms with E-state index in [1.165, 1.54) is 0 Å². The molecule has 0 saturated heterocycles. The lowest BCUT2D eigenvalue weighted by molar-refractivity contribution is 0.969. The summed E-state index contributed by atoms with van der Waals surface area (Å²) in [5.41, 5.74) is 9.39. The molecule has 0 radical (unpaired) electrons. The van der Waals surface area contributed by atoms with Crippen molar-refractivity contribution in [1.82, 2.24) is 20.3 Å². The molecular formula is C17H17ClN6. The smallest absolute Gasteiger partial charge is 0.173 e. The first-order chi connectivity index (χ1) is 11.5. The van der Waals surface area contributed by atoms with E-state index in [9.17, 15) is 0 Å². The van der Waals surface area contributed by atoms with Gasteiger partial charge in [0.05, 0.1) is 16.4 Å². The van der Waals surface area contributed by atoms with E-state index in [1.54, 1.807) is 25.4 Å². The van der Waals surface area contributed by atoms with Crippen LogP contribution < -0.4 is 27.1 Å². The first-order valence-electron chi connectivity index (χ1n) is 7.51. The van der Waals surface area contributed by atoms with Crippen molar-refractivity contribution in [2.75, 3.05) is 0 Å². The highest BCUT2D eigenvalue weighted by Crippen LogP contribution is 2.22. The summed E-state index contributed by atoms with van der Waals surface area (Å²) < 4.78 is 0. The third-order valence-electron chi connectivity index (χ3n) is 3.71. The van der Waals surface area contributed by atoms with Crippen LogP contribution in [0.3, 0.4) is 0 Å². The number of hydrogen-bond acceptors (Lipinski definition) is 6. The molecule has 0 fully saturated rings. The summed E-state index contributed by atoms with van der Waals surface area (Å²) in [6.07, 6.45) is 7.81. The Balaban J connectivity index is 2.51. The maximum atomic E-state index is 8.21. The number of nitrogens with two attached hydrogens (primary N) is 1. The largest absolute Gasteiger partial charge is 0.400 e. The fraction of sp³-hybridized carbons (Fsp3) is 0.176. The lowest BCUT2D eigenvalue weighted by Gasteiger charge is -2.11. The predicted octanol–water partition coefficient (Wildman–Crippen LogP) is 0.850. The molecule has 0 atom stereocenters. The van der Waals surface area contributed by atoms with Gasteiger partial charge in [-0.25, -0.2) is 9.97 Å². The van der Waals surface area contributed by atoms with E-state index in [1.807, 2.05) is 19.2 Å². The van der Waals surface area contributed by atoms with Crippen molar-refractivity contribution in [3.63, 3.8) is 0 Å². The number of hydrogen-bond donors (Lipinski definition) is 3. The molecule has 2 aromatic rings. The molecule has 6 nitrogen and oxygen atoms in total. The first-order valence-corrected chi connectivity index (χ1v) is 7.89. The quantitative estimate of drug-likeness (QED) is 0.752. The van der Waals surface area contributed by atoms with E-state index in [0.717, 1.165) is 17.3 Å². The van der Waals surface area contributed by atoms with Crippen LogP contribution in [-0.4, -0.2) is 15.0 Å². The monoisotopic (exact) mass is 340 g/mol. The van der Waals surface area contributed by atoms with Crippen LogP contribution in [0.15, 0.2) is 24.2 Å². The zero-order chi connectivity index (χ0) is 17.3. The maximum absolute atomic E-state index is 8.21. The molecule has 0 aliphatic carbocycles. The van der Waals surface area contributed by atoms with Crippen molar-refractivity contribution in [2.45, 2.75) is 20.3 Å². The standard InChI is InChI=1S/C17H17ClN6/c1-3-10-6-14-12(7-22-10)16(11-4-5-21-8-13(11)18)24-15(9(2)19)17(20)23-14/h4-8,20,22H,3,19H2,1-2H3/b15-9+,20-17?. The molecule has 7 heteroatoms. The molecule has 0 unspecified atom stereocenters. The Kier molecular flexibility index (Phi) is 4.31. The van der Waals surface area contributed by atoms with E-state index in [2.05, 4.69) is 20.3 Å². The molecule has 2 aromatic heterocycles. The molecule has 1 aliphatic heterocycles. The SMILES string of the molecule is CCC1=Cc2nc(=N)/c(=C(/C)N)nc(-c3ccncc3Cl)c2=CN1. The van der Waals surface area contributed by atoms with Gasteiger partial charge in [0.1, 0.15) is 5.35 Å². The fourth-order valence-electron chi connectivity index (χ4n) is 2.46. The van der Waals surface area contributed by atoms with E-state index in [0.29, 0.717) is 33.0 Å². The lowest BCUT2D eigenvalue weighted by atomic mass is 10.1. The number of nitrogens with one attached hydrogen (secondary N) is 2. The topological polar surface area (TPSA) is 101 Å². The van der Waals surface area contributed by atoms with Crippen LogP contribution in [0.5, 0.6) is 0 Å². The van der Waals surface area contributed by atoms with Gasteiger partial charge < -0.3 is 11.1 Å². The first kappa shape index (κ1) is 16.1. The van der Waals surface area contributed by atoms with Gasteiger partial charge in [-0.1, -0.05) is 18.5 Å². The van der Waals surface area contributed by atoms with E-state index in [4.69, 9.17) is 22.7 Å². The fourth-order valence-corrected chi connectivity index (χ4v) is 2.66. The highest BCUT2D eigenvalue weighted by molar-refractivity contribution is 6.33. The number of fused-ring (bicyclic) bond motifs is 1. The van der Waals surface area contributed by atoms with Gasteiger partial charge in [-0.3, -0.25) is 10.4 Å². The van der Waals surface area contributed by atoms with Crippen molar-refractivity contribution in [3.8, 4) is 11.3 Å². The number of nitrogens with zero attached hydrogens (tertiary/aromatic N) is 3. The average molecular weight is 341 g/mol. The summed E-state index contributed by atoms with van der Waals surface area (Å²) in [6.45, 7) is 3.75. The number of rotatable bonds is 2. The maximum Gasteiger partial charge on any atom is 0.173 e. The second-order valence-electron chi connectivity index (χ2n) is 5.42. The van der Waals surface area contributed by atoms with Gasteiger partial charge in [-0.05, 0) is 25.5 Å². The van der Waals surface area contributed by atoms with Crippen molar-refractivity contribution < 1.29 is 0 Å². The van der Waals surface area contributed by atoms with Crippen molar-refractivity contribution in [2.24, 2.45) is 5.73 Å². The summed E-state index contributed by atoms with van der Waals surface area (Å²) in [5.74, 6) is 0. The van der Waals surface area contributed by atoms with Crippen molar-refractivity contribution >= 4 is 29.6 Å². The average Bonchev–Trinajstić information content (AvgIpc) is 2.70. The van der Waals surface area contributed by atoms with Crippen LogP contribution in [-0.2, 0) is 0 Å². The van der Waals surface area contributed by atoms with Crippen LogP contribution in [0.4, 0.5) is 0 Å². The van der Waals surface area contributed by atoms with Gasteiger partial charge in [-0.15, -0.1) is 0 Å². The molecule has 0 bridgehead atoms. The highest BCUT2D eigenvalue weighted by Gasteiger charge is 2.13. The molecule has 0 saturated carbocycles. The number of allylic oxidation sites excluding steroid dienone is 1. The van der Waals surface area contributed by atoms with Crippen LogP contribution in [0, 0.1) is 5.41 Å². The Hall–Kier alpha value is -2.73. The highest BCUT2D eigenvalue weighted by atomic mass is 35.5. The Labute approximate surface area is 144 Å². The molecule has 0 spiro atoms. The van der Waals surface area contributed by atoms with E-state index in [-0.39, 0.29) is 5.49 Å². The van der Waals surface area contributed by atoms with Gasteiger partial charge in [0.15, 0.2) is 5.49 Å². The Morgan fingerprint density at radius 2 is 2.17 bits per heavy atom. The lowest BCUT2D eigenvalue weighted by Crippen LogP contribution is -2.32. The molecule has 3 heterocycles. The van der Waals surface area contributed by atoms with Crippen LogP contribution >= 0.6 is 11.6 Å². The summed E-state index contributed by atoms with van der Waals surface area (Å²) in [5, 5.41) is 13.0. The minimum absolute atomic E-state index is 0.0321. The molecule has 0 aromatic carbocycles. The molecule has 24 heavy (non-hydrogen) atoms. The summed E-state index contributed by atoms with van der Waals surface area (Å²) >= 11 is 6.31. The number of halogens is 1. The van der Waals surface area contributed by atoms with Gasteiger partial charge in [0.2, 0.25) is 0 Å².